The number of benzene rings is 1. The number of hydrogen-bond donors (Lipinski definition) is 2. The quantitative estimate of drug-likeness (QED) is 0.613. The Morgan fingerprint density at radius 3 is 2.60 bits per heavy atom. The van der Waals surface area contributed by atoms with Crippen molar-refractivity contribution >= 4 is 17.3 Å². The molecule has 0 saturated heterocycles. The fraction of sp³-hybridized carbons (Fsp3) is 0.143. The Balaban J connectivity index is 3.09. The first kappa shape index (κ1) is 7.38. The van der Waals surface area contributed by atoms with Crippen molar-refractivity contribution in [3.05, 3.63) is 28.8 Å². The molecule has 10 heavy (non-hydrogen) atoms. The highest BCUT2D eigenvalue weighted by Crippen LogP contribution is 2.16. The summed E-state index contributed by atoms with van der Waals surface area (Å²) in [5.41, 5.74) is 12.5. The molecule has 0 unspecified atom stereocenters. The van der Waals surface area contributed by atoms with E-state index in [1.54, 1.807) is 18.2 Å². The van der Waals surface area contributed by atoms with Crippen LogP contribution >= 0.6 is 11.6 Å². The van der Waals surface area contributed by atoms with Gasteiger partial charge in [0.2, 0.25) is 0 Å². The van der Waals surface area contributed by atoms with Crippen LogP contribution in [0.25, 0.3) is 0 Å². The molecule has 54 valence electrons. The Labute approximate surface area is 64.8 Å². The van der Waals surface area contributed by atoms with Gasteiger partial charge in [0.05, 0.1) is 0 Å². The van der Waals surface area contributed by atoms with E-state index in [-0.39, 0.29) is 0 Å². The van der Waals surface area contributed by atoms with Crippen LogP contribution in [-0.4, -0.2) is 0 Å². The van der Waals surface area contributed by atoms with Gasteiger partial charge in [-0.15, -0.1) is 0 Å². The van der Waals surface area contributed by atoms with E-state index in [1.165, 1.54) is 0 Å². The van der Waals surface area contributed by atoms with Crippen molar-refractivity contribution in [2.75, 3.05) is 5.73 Å². The molecular formula is C7H9ClN2. The van der Waals surface area contributed by atoms with Gasteiger partial charge in [0.15, 0.2) is 0 Å². The van der Waals surface area contributed by atoms with E-state index in [4.69, 9.17) is 23.1 Å². The second-order valence-electron chi connectivity index (χ2n) is 2.05. The molecule has 0 aromatic heterocycles. The van der Waals surface area contributed by atoms with Gasteiger partial charge in [-0.3, -0.25) is 0 Å². The molecule has 0 aliphatic carbocycles. The smallest absolute Gasteiger partial charge is 0.0410 e. The Hall–Kier alpha value is -0.730. The van der Waals surface area contributed by atoms with E-state index < -0.39 is 0 Å². The van der Waals surface area contributed by atoms with Crippen molar-refractivity contribution in [1.29, 1.82) is 0 Å². The number of nitrogen functional groups attached to an aromatic ring is 1. The molecule has 1 aromatic carbocycles. The molecule has 0 amide bonds. The number of halogens is 1. The number of hydrogen-bond acceptors (Lipinski definition) is 2. The molecule has 1 rings (SSSR count). The third kappa shape index (κ3) is 1.40. The summed E-state index contributed by atoms with van der Waals surface area (Å²) < 4.78 is 0. The summed E-state index contributed by atoms with van der Waals surface area (Å²) in [4.78, 5) is 0. The molecule has 3 heteroatoms. The largest absolute Gasteiger partial charge is 0.398 e. The van der Waals surface area contributed by atoms with Crippen LogP contribution in [0.1, 0.15) is 5.56 Å². The van der Waals surface area contributed by atoms with Gasteiger partial charge >= 0.3 is 0 Å². The standard InChI is InChI=1S/C7H9ClN2/c8-6-1-2-7(10)5(3-6)4-9/h1-3H,4,9-10H2/i1+1,2+1,3+1,5+1,6+1,7+1. The maximum Gasteiger partial charge on any atom is 0.0410 e. The van der Waals surface area contributed by atoms with E-state index >= 15 is 0 Å². The average Bonchev–Trinajstić information content (AvgIpc) is 1.94. The Morgan fingerprint density at radius 1 is 1.40 bits per heavy atom. The first-order valence-corrected chi connectivity index (χ1v) is 3.36. The van der Waals surface area contributed by atoms with Gasteiger partial charge in [-0.05, 0) is 23.8 Å². The third-order valence-electron chi connectivity index (χ3n) is 1.32. The molecular weight excluding hydrogens is 153 g/mol. The third-order valence-corrected chi connectivity index (χ3v) is 1.56. The maximum absolute atomic E-state index is 5.68. The summed E-state index contributed by atoms with van der Waals surface area (Å²) >= 11 is 5.68. The number of anilines is 1. The highest BCUT2D eigenvalue weighted by atomic mass is 35.5. The van der Waals surface area contributed by atoms with Crippen LogP contribution in [0.5, 0.6) is 0 Å². The lowest BCUT2D eigenvalue weighted by molar-refractivity contribution is 1.08. The summed E-state index contributed by atoms with van der Waals surface area (Å²) in [6.07, 6.45) is 0. The van der Waals surface area contributed by atoms with Gasteiger partial charge in [-0.25, -0.2) is 0 Å². The van der Waals surface area contributed by atoms with Gasteiger partial charge in [-0.1, -0.05) is 11.6 Å². The molecule has 0 spiro atoms. The Morgan fingerprint density at radius 2 is 2.10 bits per heavy atom. The molecule has 2 nitrogen and oxygen atoms in total. The van der Waals surface area contributed by atoms with Gasteiger partial charge < -0.3 is 11.5 Å². The fourth-order valence-corrected chi connectivity index (χ4v) is 0.946. The zero-order valence-corrected chi connectivity index (χ0v) is 6.23. The van der Waals surface area contributed by atoms with Crippen LogP contribution in [0.3, 0.4) is 0 Å². The molecule has 0 atom stereocenters. The van der Waals surface area contributed by atoms with Gasteiger partial charge in [0, 0.05) is 17.3 Å². The molecule has 0 aliphatic rings. The van der Waals surface area contributed by atoms with Crippen LogP contribution in [0.2, 0.25) is 5.02 Å². The zero-order chi connectivity index (χ0) is 7.56. The van der Waals surface area contributed by atoms with Crippen molar-refractivity contribution in [2.24, 2.45) is 5.73 Å². The minimum Gasteiger partial charge on any atom is -0.398 e. The topological polar surface area (TPSA) is 52.0 Å². The highest BCUT2D eigenvalue weighted by molar-refractivity contribution is 6.30. The van der Waals surface area contributed by atoms with E-state index in [0.717, 1.165) is 5.56 Å². The average molecular weight is 163 g/mol. The molecule has 0 fully saturated rings. The summed E-state index contributed by atoms with van der Waals surface area (Å²) in [5, 5.41) is 0.676. The van der Waals surface area contributed by atoms with Crippen molar-refractivity contribution in [2.45, 2.75) is 6.54 Å². The first-order chi connectivity index (χ1) is 4.74. The summed E-state index contributed by atoms with van der Waals surface area (Å²) in [7, 11) is 0. The SMILES string of the molecule is NC[13c]1[13cH][13c](Cl)[13cH][13cH][13c]1N. The minimum absolute atomic E-state index is 0.437. The van der Waals surface area contributed by atoms with Crippen molar-refractivity contribution in [3.63, 3.8) is 0 Å². The second kappa shape index (κ2) is 2.90. The molecule has 0 aliphatic heterocycles. The van der Waals surface area contributed by atoms with Gasteiger partial charge in [-0.2, -0.15) is 0 Å². The molecule has 0 heterocycles. The molecule has 0 bridgehead atoms. The van der Waals surface area contributed by atoms with Crippen LogP contribution < -0.4 is 11.5 Å². The Bertz CT molecular complexity index is 235. The van der Waals surface area contributed by atoms with E-state index in [9.17, 15) is 0 Å². The summed E-state index contributed by atoms with van der Waals surface area (Å²) in [6.45, 7) is 0.437. The predicted octanol–water partition coefficient (Wildman–Crippen LogP) is 1.38. The minimum atomic E-state index is 0.437. The highest BCUT2D eigenvalue weighted by Gasteiger charge is 1.95. The Kier molecular flexibility index (Phi) is 2.14. The van der Waals surface area contributed by atoms with Crippen molar-refractivity contribution in [3.8, 4) is 0 Å². The van der Waals surface area contributed by atoms with E-state index in [1.807, 2.05) is 0 Å². The van der Waals surface area contributed by atoms with Crippen molar-refractivity contribution < 1.29 is 0 Å². The van der Waals surface area contributed by atoms with Crippen LogP contribution in [0.4, 0.5) is 5.69 Å². The van der Waals surface area contributed by atoms with E-state index in [0.29, 0.717) is 17.3 Å². The van der Waals surface area contributed by atoms with E-state index in [2.05, 4.69) is 0 Å². The van der Waals surface area contributed by atoms with Crippen LogP contribution in [0, 0.1) is 0 Å². The molecule has 0 saturated carbocycles. The van der Waals surface area contributed by atoms with Gasteiger partial charge in [0.25, 0.3) is 0 Å². The lowest BCUT2D eigenvalue weighted by atomic mass is 10.9. The molecule has 4 N–H and O–H groups in total. The van der Waals surface area contributed by atoms with Crippen molar-refractivity contribution in [1.82, 2.24) is 0 Å². The lowest BCUT2D eigenvalue weighted by Crippen LogP contribution is -2.00. The molecule has 0 radical (unpaired) electrons. The fourth-order valence-electron chi connectivity index (χ4n) is 0.751. The second-order valence-corrected chi connectivity index (χ2v) is 2.48. The van der Waals surface area contributed by atoms with Crippen LogP contribution in [0.15, 0.2) is 18.2 Å². The number of nitrogens with two attached hydrogens (primary N) is 2. The normalized spacial score (nSPS) is 9.80. The molecule has 1 aromatic rings. The summed E-state index contributed by atoms with van der Waals surface area (Å²) in [6, 6.07) is 5.28. The maximum atomic E-state index is 5.68. The lowest BCUT2D eigenvalue weighted by Gasteiger charge is -2.01. The number of rotatable bonds is 1. The van der Waals surface area contributed by atoms with Crippen LogP contribution in [-0.2, 0) is 6.54 Å². The monoisotopic (exact) mass is 162 g/mol. The zero-order valence-electron chi connectivity index (χ0n) is 5.47. The summed E-state index contributed by atoms with van der Waals surface area (Å²) in [5.74, 6) is 0. The first-order valence-electron chi connectivity index (χ1n) is 2.98. The van der Waals surface area contributed by atoms with Gasteiger partial charge in [0.1, 0.15) is 0 Å². The predicted molar refractivity (Wildman–Crippen MR) is 43.8 cm³/mol.